The Kier molecular flexibility index (Phi) is 5.86. The zero-order valence-electron chi connectivity index (χ0n) is 17.4. The average molecular weight is 472 g/mol. The van der Waals surface area contributed by atoms with Gasteiger partial charge in [-0.15, -0.1) is 0 Å². The van der Waals surface area contributed by atoms with Crippen LogP contribution in [-0.4, -0.2) is 21.8 Å². The van der Waals surface area contributed by atoms with Gasteiger partial charge < -0.3 is 4.74 Å². The summed E-state index contributed by atoms with van der Waals surface area (Å²) in [4.78, 5) is 18.6. The van der Waals surface area contributed by atoms with Crippen molar-refractivity contribution >= 4 is 52.0 Å². The number of amidine groups is 2. The van der Waals surface area contributed by atoms with Gasteiger partial charge in [0.25, 0.3) is 5.91 Å². The van der Waals surface area contributed by atoms with E-state index in [1.807, 2.05) is 84.3 Å². The molecule has 0 spiro atoms. The zero-order chi connectivity index (χ0) is 22.8. The summed E-state index contributed by atoms with van der Waals surface area (Å²) < 4.78 is 5.83. The van der Waals surface area contributed by atoms with E-state index in [-0.39, 0.29) is 11.4 Å². The fourth-order valence-corrected chi connectivity index (χ4v) is 4.60. The molecular formula is C26H18ClN3O2S. The fraction of sp³-hybridized carbons (Fsp3) is 0.0385. The molecule has 0 radical (unpaired) electrons. The van der Waals surface area contributed by atoms with Gasteiger partial charge in [-0.05, 0) is 35.4 Å². The van der Waals surface area contributed by atoms with Gasteiger partial charge in [-0.3, -0.25) is 15.1 Å². The second kappa shape index (κ2) is 9.10. The molecule has 1 N–H and O–H groups in total. The first-order chi connectivity index (χ1) is 16.1. The number of benzene rings is 3. The fourth-order valence-electron chi connectivity index (χ4n) is 3.52. The summed E-state index contributed by atoms with van der Waals surface area (Å²) in [5.41, 5.74) is 3.74. The van der Waals surface area contributed by atoms with E-state index in [0.717, 1.165) is 22.4 Å². The van der Waals surface area contributed by atoms with Gasteiger partial charge in [-0.1, -0.05) is 84.0 Å². The van der Waals surface area contributed by atoms with E-state index in [2.05, 4.69) is 4.99 Å². The van der Waals surface area contributed by atoms with Crippen LogP contribution in [0.15, 0.2) is 94.8 Å². The Morgan fingerprint density at radius 2 is 1.73 bits per heavy atom. The molecule has 0 saturated carbocycles. The number of carbonyl (C=O) groups excluding carboxylic acids is 1. The number of carbonyl (C=O) groups is 1. The normalized spacial score (nSPS) is 16.5. The van der Waals surface area contributed by atoms with Crippen LogP contribution in [0.2, 0.25) is 5.02 Å². The number of rotatable bonds is 5. The lowest BCUT2D eigenvalue weighted by molar-refractivity contribution is -0.114. The summed E-state index contributed by atoms with van der Waals surface area (Å²) >= 11 is 7.53. The molecule has 2 aliphatic rings. The Morgan fingerprint density at radius 3 is 2.48 bits per heavy atom. The summed E-state index contributed by atoms with van der Waals surface area (Å²) in [6.45, 7) is 0.363. The summed E-state index contributed by atoms with van der Waals surface area (Å²) in [7, 11) is 0. The molecule has 2 heterocycles. The molecule has 1 amide bonds. The van der Waals surface area contributed by atoms with Crippen LogP contribution >= 0.6 is 23.4 Å². The highest BCUT2D eigenvalue weighted by atomic mass is 35.5. The van der Waals surface area contributed by atoms with Crippen LogP contribution in [-0.2, 0) is 11.4 Å². The number of fused-ring (bicyclic) bond motifs is 1. The number of ether oxygens (including phenoxy) is 1. The zero-order valence-corrected chi connectivity index (χ0v) is 18.9. The SMILES string of the molecule is N=C1C(=Cc2ccc(OCc3ccccc3Cl)cc2)C(=O)N=C2SC=C(c3ccccc3)N12. The summed E-state index contributed by atoms with van der Waals surface area (Å²) in [5, 5.41) is 11.8. The number of nitrogens with one attached hydrogen (secondary N) is 1. The smallest absolute Gasteiger partial charge is 0.283 e. The average Bonchev–Trinajstić information content (AvgIpc) is 3.26. The van der Waals surface area contributed by atoms with Crippen LogP contribution in [0, 0.1) is 5.41 Å². The van der Waals surface area contributed by atoms with E-state index in [1.54, 1.807) is 11.0 Å². The number of amides is 1. The molecule has 0 atom stereocenters. The van der Waals surface area contributed by atoms with Crippen LogP contribution < -0.4 is 4.74 Å². The van der Waals surface area contributed by atoms with Crippen LogP contribution in [0.4, 0.5) is 0 Å². The Labute approximate surface area is 200 Å². The molecule has 0 bridgehead atoms. The second-order valence-electron chi connectivity index (χ2n) is 7.38. The van der Waals surface area contributed by atoms with Crippen molar-refractivity contribution in [3.05, 3.63) is 112 Å². The molecular weight excluding hydrogens is 454 g/mol. The molecule has 0 saturated heterocycles. The van der Waals surface area contributed by atoms with Gasteiger partial charge in [0.15, 0.2) is 5.17 Å². The Hall–Kier alpha value is -3.61. The second-order valence-corrected chi connectivity index (χ2v) is 8.62. The lowest BCUT2D eigenvalue weighted by atomic mass is 10.1. The van der Waals surface area contributed by atoms with Crippen molar-refractivity contribution in [1.82, 2.24) is 4.90 Å². The highest BCUT2D eigenvalue weighted by Gasteiger charge is 2.36. The molecule has 0 unspecified atom stereocenters. The van der Waals surface area contributed by atoms with Crippen molar-refractivity contribution in [2.75, 3.05) is 0 Å². The molecule has 0 aromatic heterocycles. The number of nitrogens with zero attached hydrogens (tertiary/aromatic N) is 2. The van der Waals surface area contributed by atoms with E-state index >= 15 is 0 Å². The van der Waals surface area contributed by atoms with Gasteiger partial charge in [0, 0.05) is 16.0 Å². The first kappa shape index (κ1) is 21.2. The van der Waals surface area contributed by atoms with Crippen molar-refractivity contribution < 1.29 is 9.53 Å². The minimum absolute atomic E-state index is 0.115. The number of aliphatic imine (C=N–C) groups is 1. The number of halogens is 1. The van der Waals surface area contributed by atoms with Gasteiger partial charge in [-0.25, -0.2) is 0 Å². The van der Waals surface area contributed by atoms with Gasteiger partial charge in [0.1, 0.15) is 18.2 Å². The van der Waals surface area contributed by atoms with Gasteiger partial charge >= 0.3 is 0 Å². The highest BCUT2D eigenvalue weighted by molar-refractivity contribution is 8.17. The molecule has 5 rings (SSSR count). The Morgan fingerprint density at radius 1 is 1.00 bits per heavy atom. The van der Waals surface area contributed by atoms with Gasteiger partial charge in [0.05, 0.1) is 11.3 Å². The summed E-state index contributed by atoms with van der Waals surface area (Å²) in [6, 6.07) is 24.7. The lowest BCUT2D eigenvalue weighted by Crippen LogP contribution is -2.37. The quantitative estimate of drug-likeness (QED) is 0.448. The molecule has 5 nitrogen and oxygen atoms in total. The number of hydrogen-bond donors (Lipinski definition) is 1. The van der Waals surface area contributed by atoms with E-state index < -0.39 is 5.91 Å². The summed E-state index contributed by atoms with van der Waals surface area (Å²) in [6.07, 6.45) is 1.69. The van der Waals surface area contributed by atoms with Crippen LogP contribution in [0.3, 0.4) is 0 Å². The van der Waals surface area contributed by atoms with Crippen molar-refractivity contribution in [1.29, 1.82) is 5.41 Å². The first-order valence-corrected chi connectivity index (χ1v) is 11.5. The van der Waals surface area contributed by atoms with Crippen LogP contribution in [0.25, 0.3) is 11.8 Å². The Balaban J connectivity index is 1.35. The van der Waals surface area contributed by atoms with Crippen LogP contribution in [0.5, 0.6) is 5.75 Å². The van der Waals surface area contributed by atoms with Crippen molar-refractivity contribution in [3.63, 3.8) is 0 Å². The van der Waals surface area contributed by atoms with Crippen molar-refractivity contribution in [2.24, 2.45) is 4.99 Å². The topological polar surface area (TPSA) is 65.8 Å². The third kappa shape index (κ3) is 4.35. The van der Waals surface area contributed by atoms with E-state index in [4.69, 9.17) is 21.7 Å². The molecule has 0 fully saturated rings. The van der Waals surface area contributed by atoms with Gasteiger partial charge in [-0.2, -0.15) is 4.99 Å². The van der Waals surface area contributed by atoms with Gasteiger partial charge in [0.2, 0.25) is 0 Å². The molecule has 7 heteroatoms. The highest BCUT2D eigenvalue weighted by Crippen LogP contribution is 2.37. The maximum absolute atomic E-state index is 12.7. The summed E-state index contributed by atoms with van der Waals surface area (Å²) in [5.74, 6) is 0.386. The molecule has 0 aliphatic carbocycles. The van der Waals surface area contributed by atoms with Crippen molar-refractivity contribution in [2.45, 2.75) is 6.61 Å². The maximum Gasteiger partial charge on any atom is 0.283 e. The molecule has 162 valence electrons. The molecule has 3 aromatic carbocycles. The lowest BCUT2D eigenvalue weighted by Gasteiger charge is -2.26. The van der Waals surface area contributed by atoms with Crippen molar-refractivity contribution in [3.8, 4) is 5.75 Å². The maximum atomic E-state index is 12.7. The monoisotopic (exact) mass is 471 g/mol. The third-order valence-electron chi connectivity index (χ3n) is 5.23. The van der Waals surface area contributed by atoms with E-state index in [1.165, 1.54) is 11.8 Å². The number of thioether (sulfide) groups is 1. The molecule has 33 heavy (non-hydrogen) atoms. The predicted octanol–water partition coefficient (Wildman–Crippen LogP) is 6.22. The molecule has 2 aliphatic heterocycles. The number of hydrogen-bond acceptors (Lipinski definition) is 4. The standard InChI is InChI=1S/C26H18ClN3O2S/c27-22-9-5-4-8-19(22)15-32-20-12-10-17(11-13-20)14-21-24(28)30-23(18-6-2-1-3-7-18)16-33-26(30)29-25(21)31/h1-14,16,28H,15H2. The minimum atomic E-state index is -0.416. The first-order valence-electron chi connectivity index (χ1n) is 10.2. The Bertz CT molecular complexity index is 1330. The van der Waals surface area contributed by atoms with E-state index in [9.17, 15) is 4.79 Å². The predicted molar refractivity (Wildman–Crippen MR) is 134 cm³/mol. The van der Waals surface area contributed by atoms with Crippen LogP contribution in [0.1, 0.15) is 16.7 Å². The third-order valence-corrected chi connectivity index (χ3v) is 6.42. The molecule has 3 aromatic rings. The van der Waals surface area contributed by atoms with E-state index in [0.29, 0.717) is 22.5 Å². The minimum Gasteiger partial charge on any atom is -0.489 e. The largest absolute Gasteiger partial charge is 0.489 e.